The second kappa shape index (κ2) is 8.76. The van der Waals surface area contributed by atoms with E-state index in [-0.39, 0.29) is 22.7 Å². The van der Waals surface area contributed by atoms with Crippen molar-refractivity contribution in [1.29, 1.82) is 0 Å². The molecule has 34 heavy (non-hydrogen) atoms. The summed E-state index contributed by atoms with van der Waals surface area (Å²) in [6.45, 7) is 1.57. The number of benzene rings is 2. The third-order valence-electron chi connectivity index (χ3n) is 6.21. The molecule has 2 aromatic heterocycles. The van der Waals surface area contributed by atoms with Crippen LogP contribution in [0.25, 0.3) is 33.3 Å². The van der Waals surface area contributed by atoms with Crippen molar-refractivity contribution in [2.24, 2.45) is 0 Å². The van der Waals surface area contributed by atoms with Crippen LogP contribution in [0.4, 0.5) is 22.0 Å². The van der Waals surface area contributed by atoms with Crippen LogP contribution in [0.5, 0.6) is 0 Å². The van der Waals surface area contributed by atoms with E-state index >= 15 is 0 Å². The van der Waals surface area contributed by atoms with Crippen LogP contribution in [0.3, 0.4) is 0 Å². The van der Waals surface area contributed by atoms with Crippen molar-refractivity contribution in [3.8, 4) is 22.4 Å². The van der Waals surface area contributed by atoms with Crippen molar-refractivity contribution in [1.82, 2.24) is 15.3 Å². The minimum absolute atomic E-state index is 0.0251. The maximum atomic E-state index is 14.7. The Kier molecular flexibility index (Phi) is 5.77. The van der Waals surface area contributed by atoms with E-state index in [2.05, 4.69) is 10.3 Å². The predicted molar refractivity (Wildman–Crippen MR) is 120 cm³/mol. The van der Waals surface area contributed by atoms with Crippen molar-refractivity contribution in [3.63, 3.8) is 0 Å². The van der Waals surface area contributed by atoms with Crippen LogP contribution in [0.15, 0.2) is 60.8 Å². The number of alkyl halides is 3. The van der Waals surface area contributed by atoms with E-state index in [4.69, 9.17) is 4.98 Å². The number of aromatic nitrogens is 2. The Balaban J connectivity index is 1.80. The highest BCUT2D eigenvalue weighted by molar-refractivity contribution is 6.01. The lowest BCUT2D eigenvalue weighted by Gasteiger charge is -2.24. The Morgan fingerprint density at radius 2 is 1.59 bits per heavy atom. The Hall–Kier alpha value is -3.39. The fraction of sp³-hybridized carbons (Fsp3) is 0.231. The zero-order valence-corrected chi connectivity index (χ0v) is 18.0. The maximum absolute atomic E-state index is 14.7. The molecular weight excluding hydrogens is 449 g/mol. The number of hydrogen-bond donors (Lipinski definition) is 1. The third-order valence-corrected chi connectivity index (χ3v) is 6.21. The molecule has 0 atom stereocenters. The lowest BCUT2D eigenvalue weighted by Crippen LogP contribution is -2.27. The Bertz CT molecular complexity index is 1340. The predicted octanol–water partition coefficient (Wildman–Crippen LogP) is 6.73. The summed E-state index contributed by atoms with van der Waals surface area (Å²) in [7, 11) is 0. The normalized spacial score (nSPS) is 15.1. The van der Waals surface area contributed by atoms with Gasteiger partial charge in [-0.15, -0.1) is 0 Å². The Labute approximate surface area is 192 Å². The molecule has 4 aromatic rings. The molecule has 8 heteroatoms. The van der Waals surface area contributed by atoms with Crippen LogP contribution in [-0.4, -0.2) is 23.1 Å². The standard InChI is InChI=1S/C26H20F5N3/c27-20-5-2-6-21(28)23(20)25-24-18(9-12-33-25)19(14-22(34-24)15-7-10-32-11-8-15)16-3-1-4-17(13-16)26(29,30)31/h1-6,9,12-15,32H,7-8,10-11H2. The lowest BCUT2D eigenvalue weighted by molar-refractivity contribution is -0.137. The number of hydrogen-bond acceptors (Lipinski definition) is 3. The van der Waals surface area contributed by atoms with Gasteiger partial charge in [0.1, 0.15) is 17.3 Å². The highest BCUT2D eigenvalue weighted by atomic mass is 19.4. The van der Waals surface area contributed by atoms with Crippen LogP contribution in [-0.2, 0) is 6.18 Å². The van der Waals surface area contributed by atoms with Crippen LogP contribution in [0.1, 0.15) is 30.0 Å². The smallest absolute Gasteiger partial charge is 0.317 e. The van der Waals surface area contributed by atoms with Crippen molar-refractivity contribution < 1.29 is 22.0 Å². The lowest BCUT2D eigenvalue weighted by atomic mass is 9.90. The average Bonchev–Trinajstić information content (AvgIpc) is 2.83. The summed E-state index contributed by atoms with van der Waals surface area (Å²) in [4.78, 5) is 9.01. The Morgan fingerprint density at radius 3 is 2.29 bits per heavy atom. The van der Waals surface area contributed by atoms with E-state index in [0.717, 1.165) is 50.2 Å². The van der Waals surface area contributed by atoms with Crippen LogP contribution in [0, 0.1) is 11.6 Å². The zero-order valence-electron chi connectivity index (χ0n) is 18.0. The molecule has 0 radical (unpaired) electrons. The largest absolute Gasteiger partial charge is 0.416 e. The van der Waals surface area contributed by atoms with Gasteiger partial charge in [-0.1, -0.05) is 18.2 Å². The summed E-state index contributed by atoms with van der Waals surface area (Å²) in [6.07, 6.45) is -1.51. The molecule has 0 spiro atoms. The van der Waals surface area contributed by atoms with Gasteiger partial charge >= 0.3 is 6.18 Å². The zero-order chi connectivity index (χ0) is 23.9. The summed E-state index contributed by atoms with van der Waals surface area (Å²) in [6, 6.07) is 12.0. The van der Waals surface area contributed by atoms with Gasteiger partial charge < -0.3 is 5.32 Å². The fourth-order valence-corrected chi connectivity index (χ4v) is 4.51. The van der Waals surface area contributed by atoms with E-state index < -0.39 is 23.4 Å². The first-order valence-electron chi connectivity index (χ1n) is 11.0. The molecular formula is C26H20F5N3. The van der Waals surface area contributed by atoms with E-state index in [1.165, 1.54) is 18.3 Å². The second-order valence-corrected chi connectivity index (χ2v) is 8.35. The first-order chi connectivity index (χ1) is 16.3. The molecule has 1 fully saturated rings. The number of nitrogens with one attached hydrogen (secondary N) is 1. The van der Waals surface area contributed by atoms with Crippen LogP contribution in [0.2, 0.25) is 0 Å². The number of nitrogens with zero attached hydrogens (tertiary/aromatic N) is 2. The van der Waals surface area contributed by atoms with Gasteiger partial charge in [-0.25, -0.2) is 8.78 Å². The highest BCUT2D eigenvalue weighted by Crippen LogP contribution is 2.39. The summed E-state index contributed by atoms with van der Waals surface area (Å²) >= 11 is 0. The number of piperidine rings is 1. The second-order valence-electron chi connectivity index (χ2n) is 8.35. The molecule has 3 heterocycles. The summed E-state index contributed by atoms with van der Waals surface area (Å²) in [5.41, 5.74) is 0.749. The van der Waals surface area contributed by atoms with Gasteiger partial charge in [0.15, 0.2) is 0 Å². The maximum Gasteiger partial charge on any atom is 0.416 e. The first-order valence-corrected chi connectivity index (χ1v) is 11.0. The van der Waals surface area contributed by atoms with Gasteiger partial charge in [0, 0.05) is 23.2 Å². The molecule has 0 saturated carbocycles. The topological polar surface area (TPSA) is 37.8 Å². The molecule has 0 amide bonds. The molecule has 3 nitrogen and oxygen atoms in total. The minimum atomic E-state index is -4.50. The van der Waals surface area contributed by atoms with E-state index in [0.29, 0.717) is 22.2 Å². The minimum Gasteiger partial charge on any atom is -0.317 e. The fourth-order valence-electron chi connectivity index (χ4n) is 4.51. The highest BCUT2D eigenvalue weighted by Gasteiger charge is 2.31. The SMILES string of the molecule is Fc1cccc(F)c1-c1nccc2c(-c3cccc(C(F)(F)F)c3)cc(C3CCNCC3)nc12. The van der Waals surface area contributed by atoms with E-state index in [9.17, 15) is 22.0 Å². The third kappa shape index (κ3) is 4.14. The molecule has 1 aliphatic rings. The van der Waals surface area contributed by atoms with Crippen molar-refractivity contribution in [2.45, 2.75) is 24.9 Å². The number of fused-ring (bicyclic) bond motifs is 1. The molecule has 1 N–H and O–H groups in total. The van der Waals surface area contributed by atoms with Gasteiger partial charge in [0.05, 0.1) is 16.6 Å². The number of rotatable bonds is 3. The Morgan fingerprint density at radius 1 is 0.882 bits per heavy atom. The van der Waals surface area contributed by atoms with Crippen molar-refractivity contribution in [2.75, 3.05) is 13.1 Å². The quantitative estimate of drug-likeness (QED) is 0.338. The van der Waals surface area contributed by atoms with Gasteiger partial charge in [0.2, 0.25) is 0 Å². The molecule has 0 bridgehead atoms. The molecule has 1 aliphatic heterocycles. The monoisotopic (exact) mass is 469 g/mol. The average molecular weight is 469 g/mol. The van der Waals surface area contributed by atoms with Crippen LogP contribution >= 0.6 is 0 Å². The molecule has 174 valence electrons. The molecule has 0 aliphatic carbocycles. The van der Waals surface area contributed by atoms with Crippen molar-refractivity contribution >= 4 is 10.9 Å². The van der Waals surface area contributed by atoms with Gasteiger partial charge in [-0.2, -0.15) is 13.2 Å². The summed E-state index contributed by atoms with van der Waals surface area (Å²) in [5.74, 6) is -1.50. The molecule has 5 rings (SSSR count). The first kappa shape index (κ1) is 22.4. The van der Waals surface area contributed by atoms with Gasteiger partial charge in [-0.3, -0.25) is 9.97 Å². The molecule has 0 unspecified atom stereocenters. The van der Waals surface area contributed by atoms with E-state index in [1.54, 1.807) is 18.2 Å². The van der Waals surface area contributed by atoms with Crippen LogP contribution < -0.4 is 5.32 Å². The van der Waals surface area contributed by atoms with Gasteiger partial charge in [0.25, 0.3) is 0 Å². The van der Waals surface area contributed by atoms with Crippen molar-refractivity contribution in [3.05, 3.63) is 83.7 Å². The number of pyridine rings is 2. The molecule has 1 saturated heterocycles. The van der Waals surface area contributed by atoms with Gasteiger partial charge in [-0.05, 0) is 73.5 Å². The number of halogens is 5. The summed E-state index contributed by atoms with van der Waals surface area (Å²) in [5, 5.41) is 3.76. The molecule has 2 aromatic carbocycles. The van der Waals surface area contributed by atoms with E-state index in [1.807, 2.05) is 0 Å². The summed E-state index contributed by atoms with van der Waals surface area (Å²) < 4.78 is 69.7.